The first kappa shape index (κ1) is 16.2. The fraction of sp³-hybridized carbons (Fsp3) is 0.133. The van der Waals surface area contributed by atoms with Gasteiger partial charge in [-0.25, -0.2) is 0 Å². The van der Waals surface area contributed by atoms with E-state index in [4.69, 9.17) is 5.26 Å². The number of carbonyl (C=O) groups excluding carboxylic acids is 1. The lowest BCUT2D eigenvalue weighted by molar-refractivity contribution is -0.113. The average molecular weight is 356 g/mol. The van der Waals surface area contributed by atoms with Gasteiger partial charge in [0.25, 0.3) is 0 Å². The van der Waals surface area contributed by atoms with Crippen LogP contribution in [0.4, 0.5) is 5.00 Å². The molecule has 0 fully saturated rings. The molecule has 0 radical (unpaired) electrons. The second kappa shape index (κ2) is 7.25. The van der Waals surface area contributed by atoms with Crippen LogP contribution in [0.15, 0.2) is 41.1 Å². The Balaban J connectivity index is 1.64. The highest BCUT2D eigenvalue weighted by molar-refractivity contribution is 7.99. The van der Waals surface area contributed by atoms with Gasteiger partial charge in [-0.05, 0) is 23.6 Å². The number of nitrogens with one attached hydrogen (secondary N) is 1. The Hall–Kier alpha value is -2.70. The van der Waals surface area contributed by atoms with E-state index in [2.05, 4.69) is 20.5 Å². The number of nitriles is 1. The van der Waals surface area contributed by atoms with E-state index in [9.17, 15) is 4.79 Å². The van der Waals surface area contributed by atoms with E-state index in [0.717, 1.165) is 5.56 Å². The van der Waals surface area contributed by atoms with Gasteiger partial charge in [-0.3, -0.25) is 9.78 Å². The Labute approximate surface area is 146 Å². The summed E-state index contributed by atoms with van der Waals surface area (Å²) < 4.78 is 1.82. The van der Waals surface area contributed by atoms with Crippen LogP contribution in [0.3, 0.4) is 0 Å². The number of rotatable bonds is 5. The van der Waals surface area contributed by atoms with E-state index in [-0.39, 0.29) is 11.7 Å². The monoisotopic (exact) mass is 356 g/mol. The van der Waals surface area contributed by atoms with E-state index < -0.39 is 0 Å². The summed E-state index contributed by atoms with van der Waals surface area (Å²) in [6.45, 7) is 0. The maximum absolute atomic E-state index is 12.0. The lowest BCUT2D eigenvalue weighted by Gasteiger charge is -2.04. The molecular weight excluding hydrogens is 344 g/mol. The van der Waals surface area contributed by atoms with Crippen molar-refractivity contribution < 1.29 is 4.79 Å². The fourth-order valence-corrected chi connectivity index (χ4v) is 3.44. The second-order valence-electron chi connectivity index (χ2n) is 4.72. The zero-order valence-corrected chi connectivity index (χ0v) is 14.3. The molecule has 0 aromatic carbocycles. The van der Waals surface area contributed by atoms with E-state index in [1.807, 2.05) is 29.8 Å². The molecule has 3 heterocycles. The standard InChI is InChI=1S/C15H12N6OS2/c1-21-13(11-3-2-5-17-8-11)19-20-15(21)24-9-12(22)18-14-10(7-16)4-6-23-14/h2-6,8H,9H2,1H3,(H,18,22). The van der Waals surface area contributed by atoms with Gasteiger partial charge in [0.05, 0.1) is 11.3 Å². The first-order valence-electron chi connectivity index (χ1n) is 6.89. The lowest BCUT2D eigenvalue weighted by atomic mass is 10.3. The number of aromatic nitrogens is 4. The van der Waals surface area contributed by atoms with Crippen molar-refractivity contribution in [2.75, 3.05) is 11.1 Å². The minimum Gasteiger partial charge on any atom is -0.316 e. The highest BCUT2D eigenvalue weighted by atomic mass is 32.2. The number of pyridine rings is 1. The molecule has 0 saturated heterocycles. The molecule has 0 atom stereocenters. The summed E-state index contributed by atoms with van der Waals surface area (Å²) in [4.78, 5) is 16.1. The molecule has 0 spiro atoms. The molecule has 0 unspecified atom stereocenters. The molecule has 0 aliphatic carbocycles. The first-order valence-corrected chi connectivity index (χ1v) is 8.75. The number of amides is 1. The topological polar surface area (TPSA) is 96.5 Å². The third-order valence-corrected chi connectivity index (χ3v) is 4.98. The van der Waals surface area contributed by atoms with Gasteiger partial charge < -0.3 is 9.88 Å². The largest absolute Gasteiger partial charge is 0.316 e. The van der Waals surface area contributed by atoms with E-state index in [1.165, 1.54) is 23.1 Å². The Morgan fingerprint density at radius 3 is 3.08 bits per heavy atom. The van der Waals surface area contributed by atoms with Gasteiger partial charge in [-0.15, -0.1) is 21.5 Å². The van der Waals surface area contributed by atoms with Crippen molar-refractivity contribution in [2.24, 2.45) is 7.05 Å². The van der Waals surface area contributed by atoms with Crippen molar-refractivity contribution >= 4 is 34.0 Å². The summed E-state index contributed by atoms with van der Waals surface area (Å²) >= 11 is 2.61. The smallest absolute Gasteiger partial charge is 0.235 e. The highest BCUT2D eigenvalue weighted by Crippen LogP contribution is 2.24. The predicted octanol–water partition coefficient (Wildman–Crippen LogP) is 2.54. The molecule has 9 heteroatoms. The van der Waals surface area contributed by atoms with Crippen LogP contribution < -0.4 is 5.32 Å². The van der Waals surface area contributed by atoms with Crippen LogP contribution >= 0.6 is 23.1 Å². The quantitative estimate of drug-likeness (QED) is 0.706. The Kier molecular flexibility index (Phi) is 4.88. The SMILES string of the molecule is Cn1c(SCC(=O)Nc2sccc2C#N)nnc1-c1cccnc1. The summed E-state index contributed by atoms with van der Waals surface area (Å²) in [5.41, 5.74) is 1.33. The number of anilines is 1. The van der Waals surface area contributed by atoms with Gasteiger partial charge in [0.2, 0.25) is 5.91 Å². The Bertz CT molecular complexity index is 896. The molecule has 0 bridgehead atoms. The number of thiophene rings is 1. The van der Waals surface area contributed by atoms with Crippen molar-refractivity contribution in [3.63, 3.8) is 0 Å². The molecule has 1 N–H and O–H groups in total. The molecule has 0 aliphatic heterocycles. The van der Waals surface area contributed by atoms with E-state index >= 15 is 0 Å². The maximum Gasteiger partial charge on any atom is 0.235 e. The average Bonchev–Trinajstić information content (AvgIpc) is 3.20. The molecule has 0 aliphatic rings. The molecule has 7 nitrogen and oxygen atoms in total. The van der Waals surface area contributed by atoms with Gasteiger partial charge in [0.15, 0.2) is 11.0 Å². The molecular formula is C15H12N6OS2. The van der Waals surface area contributed by atoms with Gasteiger partial charge in [0, 0.05) is 25.0 Å². The molecule has 3 aromatic rings. The fourth-order valence-electron chi connectivity index (χ4n) is 1.97. The van der Waals surface area contributed by atoms with Crippen LogP contribution in [0.2, 0.25) is 0 Å². The van der Waals surface area contributed by atoms with Crippen LogP contribution in [-0.2, 0) is 11.8 Å². The van der Waals surface area contributed by atoms with Gasteiger partial charge in [-0.1, -0.05) is 11.8 Å². The molecule has 1 amide bonds. The summed E-state index contributed by atoms with van der Waals surface area (Å²) in [5.74, 6) is 0.683. The van der Waals surface area contributed by atoms with Crippen molar-refractivity contribution in [1.82, 2.24) is 19.7 Å². The van der Waals surface area contributed by atoms with Crippen molar-refractivity contribution in [3.8, 4) is 17.5 Å². The normalized spacial score (nSPS) is 10.3. The van der Waals surface area contributed by atoms with Crippen molar-refractivity contribution in [1.29, 1.82) is 5.26 Å². The van der Waals surface area contributed by atoms with E-state index in [1.54, 1.807) is 23.8 Å². The Morgan fingerprint density at radius 1 is 1.46 bits per heavy atom. The van der Waals surface area contributed by atoms with Gasteiger partial charge in [-0.2, -0.15) is 5.26 Å². The molecule has 120 valence electrons. The zero-order valence-electron chi connectivity index (χ0n) is 12.6. The number of nitrogens with zero attached hydrogens (tertiary/aromatic N) is 5. The van der Waals surface area contributed by atoms with Crippen molar-refractivity contribution in [3.05, 3.63) is 41.5 Å². The molecule has 3 rings (SSSR count). The number of carbonyl (C=O) groups is 1. The third kappa shape index (κ3) is 3.45. The summed E-state index contributed by atoms with van der Waals surface area (Å²) in [5, 5.41) is 22.9. The van der Waals surface area contributed by atoms with Crippen LogP contribution in [0.1, 0.15) is 5.56 Å². The number of hydrogen-bond acceptors (Lipinski definition) is 7. The number of thioether (sulfide) groups is 1. The van der Waals surface area contributed by atoms with Gasteiger partial charge in [0.1, 0.15) is 11.1 Å². The minimum atomic E-state index is -0.190. The van der Waals surface area contributed by atoms with Crippen LogP contribution in [0.25, 0.3) is 11.4 Å². The lowest BCUT2D eigenvalue weighted by Crippen LogP contribution is -2.14. The summed E-state index contributed by atoms with van der Waals surface area (Å²) in [6, 6.07) is 7.45. The number of hydrogen-bond donors (Lipinski definition) is 1. The maximum atomic E-state index is 12.0. The molecule has 24 heavy (non-hydrogen) atoms. The zero-order chi connectivity index (χ0) is 16.9. The minimum absolute atomic E-state index is 0.182. The second-order valence-corrected chi connectivity index (χ2v) is 6.58. The summed E-state index contributed by atoms with van der Waals surface area (Å²) in [7, 11) is 1.84. The Morgan fingerprint density at radius 2 is 2.33 bits per heavy atom. The van der Waals surface area contributed by atoms with Crippen LogP contribution in [0, 0.1) is 11.3 Å². The van der Waals surface area contributed by atoms with Crippen molar-refractivity contribution in [2.45, 2.75) is 5.16 Å². The first-order chi connectivity index (χ1) is 11.7. The molecule has 0 saturated carbocycles. The van der Waals surface area contributed by atoms with Crippen LogP contribution in [-0.4, -0.2) is 31.4 Å². The highest BCUT2D eigenvalue weighted by Gasteiger charge is 2.14. The van der Waals surface area contributed by atoms with E-state index in [0.29, 0.717) is 21.5 Å². The van der Waals surface area contributed by atoms with Crippen LogP contribution in [0.5, 0.6) is 0 Å². The summed E-state index contributed by atoms with van der Waals surface area (Å²) in [6.07, 6.45) is 3.41. The third-order valence-electron chi connectivity index (χ3n) is 3.13. The molecule has 3 aromatic heterocycles. The van der Waals surface area contributed by atoms with Gasteiger partial charge >= 0.3 is 0 Å². The predicted molar refractivity (Wildman–Crippen MR) is 92.6 cm³/mol.